The van der Waals surface area contributed by atoms with Gasteiger partial charge in [0.25, 0.3) is 0 Å². The molecule has 0 saturated heterocycles. The van der Waals surface area contributed by atoms with Crippen LogP contribution in [0.25, 0.3) is 11.1 Å². The zero-order valence-corrected chi connectivity index (χ0v) is 12.7. The molecule has 0 aliphatic heterocycles. The minimum Gasteiger partial charge on any atom is -0.508 e. The molecule has 2 aromatic carbocycles. The lowest BCUT2D eigenvalue weighted by molar-refractivity contribution is 0.308. The Morgan fingerprint density at radius 1 is 0.955 bits per heavy atom. The highest BCUT2D eigenvalue weighted by Gasteiger charge is 2.31. The van der Waals surface area contributed by atoms with Crippen LogP contribution in [0.5, 0.6) is 5.75 Å². The standard InChI is InChI=1S/C19H20F2O/c1-19(9-3-2-4-10-19)16-11-13(5-8-18(16)22)15-7-6-14(20)12-17(15)21/h5-8,11-12,22H,2-4,9-10H2,1H3. The Morgan fingerprint density at radius 3 is 2.36 bits per heavy atom. The lowest BCUT2D eigenvalue weighted by atomic mass is 9.70. The van der Waals surface area contributed by atoms with Crippen molar-refractivity contribution in [1.82, 2.24) is 0 Å². The summed E-state index contributed by atoms with van der Waals surface area (Å²) in [5.74, 6) is -0.902. The first kappa shape index (κ1) is 15.0. The van der Waals surface area contributed by atoms with Crippen LogP contribution in [0.1, 0.15) is 44.6 Å². The molecule has 1 saturated carbocycles. The van der Waals surface area contributed by atoms with Gasteiger partial charge in [0.05, 0.1) is 0 Å². The molecule has 3 rings (SSSR count). The first-order valence-electron chi connectivity index (χ1n) is 7.78. The molecule has 22 heavy (non-hydrogen) atoms. The maximum atomic E-state index is 14.0. The van der Waals surface area contributed by atoms with Crippen LogP contribution in [0.3, 0.4) is 0 Å². The Balaban J connectivity index is 2.06. The van der Waals surface area contributed by atoms with Gasteiger partial charge in [-0.3, -0.25) is 0 Å². The summed E-state index contributed by atoms with van der Waals surface area (Å²) in [7, 11) is 0. The van der Waals surface area contributed by atoms with Gasteiger partial charge in [0.15, 0.2) is 0 Å². The number of hydrogen-bond donors (Lipinski definition) is 1. The van der Waals surface area contributed by atoms with Crippen LogP contribution in [0.15, 0.2) is 36.4 Å². The predicted octanol–water partition coefficient (Wildman–Crippen LogP) is 5.56. The highest BCUT2D eigenvalue weighted by Crippen LogP contribution is 2.44. The zero-order valence-electron chi connectivity index (χ0n) is 12.7. The second-order valence-electron chi connectivity index (χ2n) is 6.48. The van der Waals surface area contributed by atoms with Crippen molar-refractivity contribution in [3.63, 3.8) is 0 Å². The summed E-state index contributed by atoms with van der Waals surface area (Å²) in [6, 6.07) is 8.76. The van der Waals surface area contributed by atoms with E-state index in [0.717, 1.165) is 37.3 Å². The van der Waals surface area contributed by atoms with Crippen LogP contribution in [-0.4, -0.2) is 5.11 Å². The van der Waals surface area contributed by atoms with Crippen molar-refractivity contribution in [2.24, 2.45) is 0 Å². The van der Waals surface area contributed by atoms with Crippen LogP contribution in [0.4, 0.5) is 8.78 Å². The normalized spacial score (nSPS) is 17.4. The molecule has 0 spiro atoms. The topological polar surface area (TPSA) is 20.2 Å². The summed E-state index contributed by atoms with van der Waals surface area (Å²) in [4.78, 5) is 0. The van der Waals surface area contributed by atoms with Crippen LogP contribution in [0, 0.1) is 11.6 Å². The number of hydrogen-bond acceptors (Lipinski definition) is 1. The van der Waals surface area contributed by atoms with Gasteiger partial charge in [-0.05, 0) is 48.1 Å². The predicted molar refractivity (Wildman–Crippen MR) is 83.9 cm³/mol. The number of aromatic hydroxyl groups is 1. The summed E-state index contributed by atoms with van der Waals surface area (Å²) in [6.45, 7) is 2.16. The summed E-state index contributed by atoms with van der Waals surface area (Å²) in [6.07, 6.45) is 5.56. The molecule has 1 aliphatic carbocycles. The van der Waals surface area contributed by atoms with E-state index < -0.39 is 11.6 Å². The average Bonchev–Trinajstić information content (AvgIpc) is 2.49. The van der Waals surface area contributed by atoms with Gasteiger partial charge >= 0.3 is 0 Å². The van der Waals surface area contributed by atoms with Crippen molar-refractivity contribution >= 4 is 0 Å². The van der Waals surface area contributed by atoms with E-state index in [2.05, 4.69) is 6.92 Å². The van der Waals surface area contributed by atoms with Gasteiger partial charge in [0.1, 0.15) is 17.4 Å². The molecule has 0 atom stereocenters. The number of phenols is 1. The third kappa shape index (κ3) is 2.72. The Kier molecular flexibility index (Phi) is 3.90. The van der Waals surface area contributed by atoms with Crippen molar-refractivity contribution in [3.8, 4) is 16.9 Å². The second-order valence-corrected chi connectivity index (χ2v) is 6.48. The fourth-order valence-electron chi connectivity index (χ4n) is 3.51. The lowest BCUT2D eigenvalue weighted by Gasteiger charge is -2.34. The molecule has 2 aromatic rings. The summed E-state index contributed by atoms with van der Waals surface area (Å²) >= 11 is 0. The van der Waals surface area contributed by atoms with Gasteiger partial charge in [-0.25, -0.2) is 8.78 Å². The smallest absolute Gasteiger partial charge is 0.133 e. The van der Waals surface area contributed by atoms with Crippen molar-refractivity contribution in [2.75, 3.05) is 0 Å². The first-order valence-corrected chi connectivity index (χ1v) is 7.78. The summed E-state index contributed by atoms with van der Waals surface area (Å²) in [5, 5.41) is 10.3. The molecular weight excluding hydrogens is 282 g/mol. The van der Waals surface area contributed by atoms with E-state index in [-0.39, 0.29) is 11.2 Å². The van der Waals surface area contributed by atoms with E-state index in [4.69, 9.17) is 0 Å². The van der Waals surface area contributed by atoms with E-state index in [1.807, 2.05) is 6.07 Å². The Hall–Kier alpha value is -1.90. The first-order chi connectivity index (χ1) is 10.5. The largest absolute Gasteiger partial charge is 0.508 e. The number of phenolic OH excluding ortho intramolecular Hbond substituents is 1. The molecule has 0 aromatic heterocycles. The maximum Gasteiger partial charge on any atom is 0.133 e. The summed E-state index contributed by atoms with van der Waals surface area (Å²) in [5.41, 5.74) is 1.84. The number of rotatable bonds is 2. The van der Waals surface area contributed by atoms with Crippen molar-refractivity contribution in [2.45, 2.75) is 44.4 Å². The SMILES string of the molecule is CC1(c2cc(-c3ccc(F)cc3F)ccc2O)CCCCC1. The zero-order chi connectivity index (χ0) is 15.7. The van der Waals surface area contributed by atoms with Crippen LogP contribution in [0.2, 0.25) is 0 Å². The molecule has 1 N–H and O–H groups in total. The molecule has 0 radical (unpaired) electrons. The molecule has 0 amide bonds. The Morgan fingerprint density at radius 2 is 1.68 bits per heavy atom. The van der Waals surface area contributed by atoms with Gasteiger partial charge in [0, 0.05) is 17.2 Å². The Bertz CT molecular complexity index is 688. The molecular formula is C19H20F2O. The minimum absolute atomic E-state index is 0.0746. The molecule has 1 aliphatic rings. The van der Waals surface area contributed by atoms with E-state index in [0.29, 0.717) is 11.1 Å². The molecule has 0 bridgehead atoms. The third-order valence-corrected chi connectivity index (χ3v) is 4.85. The van der Waals surface area contributed by atoms with Gasteiger partial charge in [-0.1, -0.05) is 32.3 Å². The van der Waals surface area contributed by atoms with Crippen molar-refractivity contribution in [3.05, 3.63) is 53.6 Å². The fraction of sp³-hybridized carbons (Fsp3) is 0.368. The van der Waals surface area contributed by atoms with Gasteiger partial charge < -0.3 is 5.11 Å². The lowest BCUT2D eigenvalue weighted by Crippen LogP contribution is -2.25. The highest BCUT2D eigenvalue weighted by atomic mass is 19.1. The highest BCUT2D eigenvalue weighted by molar-refractivity contribution is 5.67. The van der Waals surface area contributed by atoms with Crippen LogP contribution >= 0.6 is 0 Å². The van der Waals surface area contributed by atoms with Crippen molar-refractivity contribution < 1.29 is 13.9 Å². The number of benzene rings is 2. The van der Waals surface area contributed by atoms with E-state index in [1.54, 1.807) is 12.1 Å². The van der Waals surface area contributed by atoms with Gasteiger partial charge in [0.2, 0.25) is 0 Å². The van der Waals surface area contributed by atoms with E-state index >= 15 is 0 Å². The van der Waals surface area contributed by atoms with Crippen LogP contribution in [-0.2, 0) is 5.41 Å². The van der Waals surface area contributed by atoms with E-state index in [1.165, 1.54) is 18.6 Å². The molecule has 0 heterocycles. The average molecular weight is 302 g/mol. The quantitative estimate of drug-likeness (QED) is 0.770. The maximum absolute atomic E-state index is 14.0. The number of halogens is 2. The van der Waals surface area contributed by atoms with Crippen molar-refractivity contribution in [1.29, 1.82) is 0 Å². The fourth-order valence-corrected chi connectivity index (χ4v) is 3.51. The summed E-state index contributed by atoms with van der Waals surface area (Å²) < 4.78 is 27.1. The Labute approximate surface area is 129 Å². The molecule has 116 valence electrons. The molecule has 1 fully saturated rings. The van der Waals surface area contributed by atoms with E-state index in [9.17, 15) is 13.9 Å². The third-order valence-electron chi connectivity index (χ3n) is 4.85. The van der Waals surface area contributed by atoms with Gasteiger partial charge in [-0.15, -0.1) is 0 Å². The molecule has 0 unspecified atom stereocenters. The minimum atomic E-state index is -0.584. The second kappa shape index (κ2) is 5.71. The molecule has 3 heteroatoms. The van der Waals surface area contributed by atoms with Gasteiger partial charge in [-0.2, -0.15) is 0 Å². The monoisotopic (exact) mass is 302 g/mol. The van der Waals surface area contributed by atoms with Crippen LogP contribution < -0.4 is 0 Å². The molecule has 1 nitrogen and oxygen atoms in total.